The number of amides is 1. The summed E-state index contributed by atoms with van der Waals surface area (Å²) in [5, 5.41) is 0.449. The summed E-state index contributed by atoms with van der Waals surface area (Å²) in [6, 6.07) is 3.53. The molecule has 1 fully saturated rings. The third-order valence-corrected chi connectivity index (χ3v) is 4.05. The number of H-pyrrole nitrogens is 1. The minimum Gasteiger partial charge on any atom is -0.444 e. The van der Waals surface area contributed by atoms with Crippen LogP contribution in [0.5, 0.6) is 0 Å². The Hall–Kier alpha value is -2.08. The zero-order valence-electron chi connectivity index (χ0n) is 14.0. The minimum atomic E-state index is -0.506. The number of pyridine rings is 1. The highest BCUT2D eigenvalue weighted by atomic mass is 35.5. The Balaban J connectivity index is 1.78. The fraction of sp³-hybridized carbons (Fsp3) is 0.471. The van der Waals surface area contributed by atoms with E-state index in [-0.39, 0.29) is 12.1 Å². The van der Waals surface area contributed by atoms with Crippen molar-refractivity contribution in [2.75, 3.05) is 6.54 Å². The molecule has 0 spiro atoms. The summed E-state index contributed by atoms with van der Waals surface area (Å²) in [6.45, 7) is 6.29. The van der Waals surface area contributed by atoms with E-state index in [1.54, 1.807) is 23.4 Å². The van der Waals surface area contributed by atoms with Crippen molar-refractivity contribution in [3.8, 4) is 11.3 Å². The highest BCUT2D eigenvalue weighted by Gasteiger charge is 2.34. The molecule has 0 aliphatic carbocycles. The second kappa shape index (κ2) is 6.43. The molecule has 0 bridgehead atoms. The van der Waals surface area contributed by atoms with E-state index in [4.69, 9.17) is 16.3 Å². The highest BCUT2D eigenvalue weighted by Crippen LogP contribution is 2.32. The number of ether oxygens (including phenoxy) is 1. The number of aromatic amines is 1. The van der Waals surface area contributed by atoms with Gasteiger partial charge in [0.1, 0.15) is 16.6 Å². The fourth-order valence-corrected chi connectivity index (χ4v) is 2.89. The van der Waals surface area contributed by atoms with Crippen molar-refractivity contribution in [1.82, 2.24) is 19.9 Å². The molecular formula is C17H21ClN4O2. The molecule has 1 N–H and O–H groups in total. The predicted molar refractivity (Wildman–Crippen MR) is 91.7 cm³/mol. The van der Waals surface area contributed by atoms with Crippen molar-refractivity contribution in [3.63, 3.8) is 0 Å². The number of rotatable bonds is 2. The molecule has 0 unspecified atom stereocenters. The van der Waals surface area contributed by atoms with Gasteiger partial charge in [0.05, 0.1) is 17.9 Å². The van der Waals surface area contributed by atoms with Crippen molar-refractivity contribution >= 4 is 17.7 Å². The van der Waals surface area contributed by atoms with Crippen LogP contribution >= 0.6 is 11.6 Å². The lowest BCUT2D eigenvalue weighted by Crippen LogP contribution is -2.36. The smallest absolute Gasteiger partial charge is 0.410 e. The molecular weight excluding hydrogens is 328 g/mol. The lowest BCUT2D eigenvalue weighted by atomic mass is 10.2. The Kier molecular flexibility index (Phi) is 4.49. The molecule has 24 heavy (non-hydrogen) atoms. The monoisotopic (exact) mass is 348 g/mol. The topological polar surface area (TPSA) is 71.1 Å². The number of nitrogens with zero attached hydrogens (tertiary/aromatic N) is 3. The lowest BCUT2D eigenvalue weighted by molar-refractivity contribution is 0.0219. The highest BCUT2D eigenvalue weighted by molar-refractivity contribution is 6.29. The molecule has 1 saturated heterocycles. The summed E-state index contributed by atoms with van der Waals surface area (Å²) < 4.78 is 5.50. The van der Waals surface area contributed by atoms with Crippen LogP contribution in [0.4, 0.5) is 4.79 Å². The molecule has 3 rings (SSSR count). The van der Waals surface area contributed by atoms with Crippen molar-refractivity contribution in [1.29, 1.82) is 0 Å². The summed E-state index contributed by atoms with van der Waals surface area (Å²) >= 11 is 5.82. The molecule has 0 radical (unpaired) electrons. The number of halogens is 1. The first-order chi connectivity index (χ1) is 11.3. The van der Waals surface area contributed by atoms with Crippen LogP contribution in [0.1, 0.15) is 45.5 Å². The maximum absolute atomic E-state index is 12.4. The quantitative estimate of drug-likeness (QED) is 0.826. The van der Waals surface area contributed by atoms with Crippen molar-refractivity contribution in [3.05, 3.63) is 35.5 Å². The third kappa shape index (κ3) is 3.70. The van der Waals surface area contributed by atoms with Crippen molar-refractivity contribution in [2.24, 2.45) is 0 Å². The number of aromatic nitrogens is 3. The summed E-state index contributed by atoms with van der Waals surface area (Å²) in [4.78, 5) is 26.0. The van der Waals surface area contributed by atoms with Crippen LogP contribution in [0.3, 0.4) is 0 Å². The fourth-order valence-electron chi connectivity index (χ4n) is 2.78. The molecule has 0 saturated carbocycles. The maximum Gasteiger partial charge on any atom is 0.410 e. The van der Waals surface area contributed by atoms with Crippen LogP contribution in [-0.2, 0) is 4.74 Å². The van der Waals surface area contributed by atoms with E-state index < -0.39 is 5.60 Å². The van der Waals surface area contributed by atoms with Crippen LogP contribution in [0.25, 0.3) is 11.3 Å². The van der Waals surface area contributed by atoms with E-state index in [1.165, 1.54) is 0 Å². The number of imidazole rings is 1. The van der Waals surface area contributed by atoms with Gasteiger partial charge < -0.3 is 9.72 Å². The first-order valence-corrected chi connectivity index (χ1v) is 8.38. The SMILES string of the molecule is CC(C)(C)OC(=O)N1CCC[C@H]1c1ncc(-c2ccc(Cl)nc2)[nH]1. The standard InChI is InChI=1S/C17H21ClN4O2/c1-17(2,3)24-16(23)22-8-4-5-13(22)15-20-10-12(21-15)11-6-7-14(18)19-9-11/h6-7,9-10,13H,4-5,8H2,1-3H3,(H,20,21)/t13-/m0/s1. The maximum atomic E-state index is 12.4. The van der Waals surface area contributed by atoms with Gasteiger partial charge >= 0.3 is 6.09 Å². The third-order valence-electron chi connectivity index (χ3n) is 3.83. The molecule has 128 valence electrons. The van der Waals surface area contributed by atoms with E-state index >= 15 is 0 Å². The summed E-state index contributed by atoms with van der Waals surface area (Å²) in [5.74, 6) is 0.767. The molecule has 6 nitrogen and oxygen atoms in total. The Labute approximate surface area is 146 Å². The van der Waals surface area contributed by atoms with E-state index in [0.717, 1.165) is 29.9 Å². The van der Waals surface area contributed by atoms with Gasteiger partial charge in [-0.15, -0.1) is 0 Å². The van der Waals surface area contributed by atoms with Gasteiger partial charge in [-0.1, -0.05) is 11.6 Å². The lowest BCUT2D eigenvalue weighted by Gasteiger charge is -2.27. The summed E-state index contributed by atoms with van der Waals surface area (Å²) in [6.07, 6.45) is 4.95. The molecule has 3 heterocycles. The van der Waals surface area contributed by atoms with Gasteiger partial charge in [0, 0.05) is 18.3 Å². The summed E-state index contributed by atoms with van der Waals surface area (Å²) in [7, 11) is 0. The zero-order chi connectivity index (χ0) is 17.3. The van der Waals surface area contributed by atoms with Gasteiger partial charge in [0.2, 0.25) is 0 Å². The van der Waals surface area contributed by atoms with Crippen LogP contribution in [-0.4, -0.2) is 38.1 Å². The molecule has 1 atom stereocenters. The molecule has 2 aromatic heterocycles. The van der Waals surface area contributed by atoms with Crippen LogP contribution in [0.2, 0.25) is 5.15 Å². The number of likely N-dealkylation sites (tertiary alicyclic amines) is 1. The van der Waals surface area contributed by atoms with Gasteiger partial charge in [-0.05, 0) is 45.7 Å². The molecule has 1 aliphatic heterocycles. The predicted octanol–water partition coefficient (Wildman–Crippen LogP) is 4.20. The second-order valence-electron chi connectivity index (χ2n) is 6.88. The molecule has 0 aromatic carbocycles. The van der Waals surface area contributed by atoms with Gasteiger partial charge in [0.15, 0.2) is 0 Å². The summed E-state index contributed by atoms with van der Waals surface area (Å²) in [5.41, 5.74) is 1.25. The first-order valence-electron chi connectivity index (χ1n) is 8.00. The minimum absolute atomic E-state index is 0.0890. The van der Waals surface area contributed by atoms with Gasteiger partial charge in [0.25, 0.3) is 0 Å². The van der Waals surface area contributed by atoms with E-state index in [0.29, 0.717) is 11.7 Å². The van der Waals surface area contributed by atoms with E-state index in [9.17, 15) is 4.79 Å². The molecule has 2 aromatic rings. The van der Waals surface area contributed by atoms with Gasteiger partial charge in [-0.25, -0.2) is 14.8 Å². The first kappa shape index (κ1) is 16.8. The number of nitrogens with one attached hydrogen (secondary N) is 1. The Morgan fingerprint density at radius 2 is 2.12 bits per heavy atom. The normalized spacial score (nSPS) is 18.0. The average molecular weight is 349 g/mol. The number of carbonyl (C=O) groups is 1. The number of hydrogen-bond donors (Lipinski definition) is 1. The van der Waals surface area contributed by atoms with Crippen LogP contribution in [0, 0.1) is 0 Å². The Morgan fingerprint density at radius 1 is 1.33 bits per heavy atom. The van der Waals surface area contributed by atoms with E-state index in [1.807, 2.05) is 26.8 Å². The molecule has 1 amide bonds. The zero-order valence-corrected chi connectivity index (χ0v) is 14.8. The number of carbonyl (C=O) groups excluding carboxylic acids is 1. The molecule has 1 aliphatic rings. The van der Waals surface area contributed by atoms with Crippen LogP contribution < -0.4 is 0 Å². The van der Waals surface area contributed by atoms with Gasteiger partial charge in [-0.2, -0.15) is 0 Å². The molecule has 7 heteroatoms. The number of hydrogen-bond acceptors (Lipinski definition) is 4. The Bertz CT molecular complexity index is 721. The second-order valence-corrected chi connectivity index (χ2v) is 7.27. The van der Waals surface area contributed by atoms with Crippen molar-refractivity contribution < 1.29 is 9.53 Å². The van der Waals surface area contributed by atoms with Crippen molar-refractivity contribution in [2.45, 2.75) is 45.3 Å². The Morgan fingerprint density at radius 3 is 2.79 bits per heavy atom. The van der Waals surface area contributed by atoms with E-state index in [2.05, 4.69) is 15.0 Å². The van der Waals surface area contributed by atoms with Gasteiger partial charge in [-0.3, -0.25) is 4.90 Å². The largest absolute Gasteiger partial charge is 0.444 e. The average Bonchev–Trinajstić information content (AvgIpc) is 3.15. The van der Waals surface area contributed by atoms with Crippen LogP contribution in [0.15, 0.2) is 24.5 Å².